The first kappa shape index (κ1) is 15.6. The molecule has 6 heteroatoms. The molecule has 1 aromatic carbocycles. The third kappa shape index (κ3) is 2.73. The number of para-hydroxylation sites is 1. The zero-order valence-electron chi connectivity index (χ0n) is 14.2. The van der Waals surface area contributed by atoms with Gasteiger partial charge in [0.15, 0.2) is 0 Å². The number of aromatic nitrogens is 3. The molecule has 1 aliphatic rings. The van der Waals surface area contributed by atoms with Crippen molar-refractivity contribution in [3.05, 3.63) is 62.8 Å². The molecule has 4 rings (SSSR count). The minimum absolute atomic E-state index is 0.232. The Morgan fingerprint density at radius 2 is 1.76 bits per heavy atom. The molecule has 0 radical (unpaired) electrons. The summed E-state index contributed by atoms with van der Waals surface area (Å²) in [4.78, 5) is 32.5. The molecule has 0 spiro atoms. The topological polar surface area (TPSA) is 71.0 Å². The number of rotatable bonds is 2. The summed E-state index contributed by atoms with van der Waals surface area (Å²) in [5.74, 6) is 0.633. The number of nitrogens with zero attached hydrogens (tertiary/aromatic N) is 3. The van der Waals surface area contributed by atoms with Gasteiger partial charge in [-0.2, -0.15) is 0 Å². The molecular weight excluding hydrogens is 316 g/mol. The van der Waals surface area contributed by atoms with Gasteiger partial charge in [0.2, 0.25) is 0 Å². The number of aromatic amines is 1. The lowest BCUT2D eigenvalue weighted by Crippen LogP contribution is -2.34. The highest BCUT2D eigenvalue weighted by Crippen LogP contribution is 2.24. The fraction of sp³-hybridized carbons (Fsp3) is 0.316. The van der Waals surface area contributed by atoms with Crippen molar-refractivity contribution in [3.8, 4) is 5.69 Å². The van der Waals surface area contributed by atoms with Crippen LogP contribution in [0.5, 0.6) is 0 Å². The molecular formula is C19H20N4O2. The van der Waals surface area contributed by atoms with Crippen LogP contribution in [-0.4, -0.2) is 27.9 Å². The number of H-pyrrole nitrogens is 1. The van der Waals surface area contributed by atoms with E-state index in [0.717, 1.165) is 31.6 Å². The van der Waals surface area contributed by atoms with Crippen molar-refractivity contribution in [2.45, 2.75) is 26.2 Å². The van der Waals surface area contributed by atoms with Crippen LogP contribution >= 0.6 is 0 Å². The van der Waals surface area contributed by atoms with Gasteiger partial charge in [-0.15, -0.1) is 0 Å². The molecule has 0 saturated carbocycles. The molecule has 6 nitrogen and oxygen atoms in total. The van der Waals surface area contributed by atoms with Gasteiger partial charge in [0.25, 0.3) is 11.1 Å². The van der Waals surface area contributed by atoms with E-state index in [2.05, 4.69) is 15.0 Å². The van der Waals surface area contributed by atoms with Gasteiger partial charge in [-0.25, -0.2) is 9.67 Å². The van der Waals surface area contributed by atoms with E-state index in [0.29, 0.717) is 22.3 Å². The van der Waals surface area contributed by atoms with Gasteiger partial charge in [0, 0.05) is 18.8 Å². The summed E-state index contributed by atoms with van der Waals surface area (Å²) in [6.07, 6.45) is 3.35. The Hall–Kier alpha value is -2.89. The van der Waals surface area contributed by atoms with Crippen LogP contribution < -0.4 is 16.0 Å². The molecule has 3 heterocycles. The van der Waals surface area contributed by atoms with Gasteiger partial charge in [-0.1, -0.05) is 18.2 Å². The Balaban J connectivity index is 2.00. The Labute approximate surface area is 144 Å². The maximum atomic E-state index is 13.0. The maximum Gasteiger partial charge on any atom is 0.278 e. The molecule has 1 N–H and O–H groups in total. The molecule has 1 saturated heterocycles. The summed E-state index contributed by atoms with van der Waals surface area (Å²) in [7, 11) is 0. The van der Waals surface area contributed by atoms with Crippen molar-refractivity contribution in [3.63, 3.8) is 0 Å². The number of anilines is 1. The Kier molecular flexibility index (Phi) is 3.87. The van der Waals surface area contributed by atoms with Crippen molar-refractivity contribution in [2.75, 3.05) is 18.0 Å². The minimum Gasteiger partial charge on any atom is -0.356 e. The highest BCUT2D eigenvalue weighted by atomic mass is 16.2. The number of fused-ring (bicyclic) bond motifs is 1. The van der Waals surface area contributed by atoms with Crippen LogP contribution in [0.2, 0.25) is 0 Å². The van der Waals surface area contributed by atoms with Crippen LogP contribution in [0.1, 0.15) is 25.0 Å². The van der Waals surface area contributed by atoms with Gasteiger partial charge in [-0.3, -0.25) is 14.7 Å². The summed E-state index contributed by atoms with van der Waals surface area (Å²) < 4.78 is 1.31. The van der Waals surface area contributed by atoms with Gasteiger partial charge < -0.3 is 4.90 Å². The van der Waals surface area contributed by atoms with E-state index in [1.807, 2.05) is 25.1 Å². The zero-order valence-corrected chi connectivity index (χ0v) is 14.2. The number of hydrogen-bond donors (Lipinski definition) is 1. The third-order valence-corrected chi connectivity index (χ3v) is 4.67. The standard InChI is InChI=1S/C19H20N4O2/c1-13-12-15-16(17(20-13)22-10-6-3-7-11-22)18(24)21-23(19(15)25)14-8-4-2-5-9-14/h2,4-5,8-9,12H,3,6-7,10-11H2,1H3,(H,21,24). The van der Waals surface area contributed by atoms with Crippen LogP contribution in [0.25, 0.3) is 16.5 Å². The summed E-state index contributed by atoms with van der Waals surface area (Å²) in [6.45, 7) is 3.60. The van der Waals surface area contributed by atoms with E-state index in [-0.39, 0.29) is 11.1 Å². The zero-order chi connectivity index (χ0) is 17.4. The lowest BCUT2D eigenvalue weighted by molar-refractivity contribution is 0.574. The number of benzene rings is 1. The first-order valence-corrected chi connectivity index (χ1v) is 8.62. The lowest BCUT2D eigenvalue weighted by Gasteiger charge is -2.28. The molecule has 0 amide bonds. The molecule has 1 aliphatic heterocycles. The van der Waals surface area contributed by atoms with Crippen LogP contribution in [0.15, 0.2) is 46.0 Å². The molecule has 3 aromatic rings. The van der Waals surface area contributed by atoms with E-state index in [4.69, 9.17) is 0 Å². The number of piperidine rings is 1. The predicted octanol–water partition coefficient (Wildman–Crippen LogP) is 2.37. The molecule has 0 atom stereocenters. The summed E-state index contributed by atoms with van der Waals surface area (Å²) >= 11 is 0. The average Bonchev–Trinajstić information content (AvgIpc) is 2.65. The van der Waals surface area contributed by atoms with Crippen molar-refractivity contribution in [2.24, 2.45) is 0 Å². The summed E-state index contributed by atoms with van der Waals surface area (Å²) in [6, 6.07) is 10.8. The van der Waals surface area contributed by atoms with Gasteiger partial charge >= 0.3 is 0 Å². The van der Waals surface area contributed by atoms with E-state index in [9.17, 15) is 9.59 Å². The lowest BCUT2D eigenvalue weighted by atomic mass is 10.1. The Bertz CT molecular complexity index is 1030. The summed E-state index contributed by atoms with van der Waals surface area (Å²) in [5, 5.41) is 3.53. The normalized spacial score (nSPS) is 14.8. The van der Waals surface area contributed by atoms with Gasteiger partial charge in [0.05, 0.1) is 16.5 Å². The number of aryl methyl sites for hydroxylation is 1. The smallest absolute Gasteiger partial charge is 0.278 e. The van der Waals surface area contributed by atoms with E-state index in [1.54, 1.807) is 18.2 Å². The number of pyridine rings is 1. The summed E-state index contributed by atoms with van der Waals surface area (Å²) in [5.41, 5.74) is 0.868. The molecule has 25 heavy (non-hydrogen) atoms. The first-order chi connectivity index (χ1) is 12.1. The highest BCUT2D eigenvalue weighted by Gasteiger charge is 2.20. The van der Waals surface area contributed by atoms with Gasteiger partial charge in [-0.05, 0) is 44.4 Å². The molecule has 0 unspecified atom stereocenters. The van der Waals surface area contributed by atoms with Crippen LogP contribution in [0, 0.1) is 6.92 Å². The number of hydrogen-bond acceptors (Lipinski definition) is 4. The van der Waals surface area contributed by atoms with E-state index in [1.165, 1.54) is 11.1 Å². The molecule has 1 fully saturated rings. The second kappa shape index (κ2) is 6.20. The second-order valence-electron chi connectivity index (χ2n) is 6.47. The molecule has 2 aromatic heterocycles. The van der Waals surface area contributed by atoms with E-state index >= 15 is 0 Å². The van der Waals surface area contributed by atoms with Crippen molar-refractivity contribution in [1.29, 1.82) is 0 Å². The fourth-order valence-corrected chi connectivity index (χ4v) is 3.47. The molecule has 128 valence electrons. The second-order valence-corrected chi connectivity index (χ2v) is 6.47. The maximum absolute atomic E-state index is 13.0. The first-order valence-electron chi connectivity index (χ1n) is 8.62. The highest BCUT2D eigenvalue weighted by molar-refractivity contribution is 5.91. The fourth-order valence-electron chi connectivity index (χ4n) is 3.47. The SMILES string of the molecule is Cc1cc2c(=O)n(-c3ccccc3)[nH]c(=O)c2c(N2CCCCC2)n1. The van der Waals surface area contributed by atoms with Crippen molar-refractivity contribution >= 4 is 16.6 Å². The van der Waals surface area contributed by atoms with E-state index < -0.39 is 0 Å². The third-order valence-electron chi connectivity index (χ3n) is 4.67. The predicted molar refractivity (Wildman–Crippen MR) is 98.8 cm³/mol. The Morgan fingerprint density at radius 1 is 1.04 bits per heavy atom. The quantitative estimate of drug-likeness (QED) is 0.780. The van der Waals surface area contributed by atoms with Crippen LogP contribution in [-0.2, 0) is 0 Å². The monoisotopic (exact) mass is 336 g/mol. The van der Waals surface area contributed by atoms with Crippen molar-refractivity contribution in [1.82, 2.24) is 14.8 Å². The average molecular weight is 336 g/mol. The molecule has 0 bridgehead atoms. The van der Waals surface area contributed by atoms with Crippen LogP contribution in [0.3, 0.4) is 0 Å². The Morgan fingerprint density at radius 3 is 2.48 bits per heavy atom. The molecule has 0 aliphatic carbocycles. The van der Waals surface area contributed by atoms with Crippen molar-refractivity contribution < 1.29 is 0 Å². The largest absolute Gasteiger partial charge is 0.356 e. The van der Waals surface area contributed by atoms with Crippen LogP contribution in [0.4, 0.5) is 5.82 Å². The number of nitrogens with one attached hydrogen (secondary N) is 1. The minimum atomic E-state index is -0.286. The van der Waals surface area contributed by atoms with Gasteiger partial charge in [0.1, 0.15) is 5.82 Å².